The molecule has 0 saturated carbocycles. The minimum Gasteiger partial charge on any atom is -0.333 e. The summed E-state index contributed by atoms with van der Waals surface area (Å²) in [4.78, 5) is 33.2. The Morgan fingerprint density at radius 2 is 1.90 bits per heavy atom. The number of fused-ring (bicyclic) bond motifs is 2. The van der Waals surface area contributed by atoms with Crippen LogP contribution in [0.5, 0.6) is 0 Å². The fourth-order valence-corrected chi connectivity index (χ4v) is 5.25. The SMILES string of the molecule is O=C(Nc1nc2c(s1)CN(C(=O)c1ccc3ccccc3c1)CC2)C1CCNCC1. The number of carbonyl (C=O) groups is 2. The van der Waals surface area contributed by atoms with Crippen molar-refractivity contribution in [2.75, 3.05) is 25.0 Å². The van der Waals surface area contributed by atoms with Gasteiger partial charge >= 0.3 is 0 Å². The number of rotatable bonds is 3. The highest BCUT2D eigenvalue weighted by Crippen LogP contribution is 2.30. The van der Waals surface area contributed by atoms with Crippen molar-refractivity contribution < 1.29 is 9.59 Å². The normalized spacial score (nSPS) is 17.0. The Morgan fingerprint density at radius 1 is 1.10 bits per heavy atom. The van der Waals surface area contributed by atoms with Gasteiger partial charge in [-0.2, -0.15) is 0 Å². The number of thiazole rings is 1. The van der Waals surface area contributed by atoms with E-state index in [1.54, 1.807) is 0 Å². The number of nitrogens with one attached hydrogen (secondary N) is 2. The lowest BCUT2D eigenvalue weighted by atomic mass is 9.97. The molecule has 2 aromatic carbocycles. The molecule has 0 aliphatic carbocycles. The second-order valence-corrected chi connectivity index (χ2v) is 9.02. The molecule has 2 N–H and O–H groups in total. The summed E-state index contributed by atoms with van der Waals surface area (Å²) in [5, 5.41) is 9.14. The van der Waals surface area contributed by atoms with Crippen LogP contribution in [0.1, 0.15) is 33.8 Å². The minimum atomic E-state index is 0.0418. The third kappa shape index (κ3) is 3.82. The number of amides is 2. The first-order valence-electron chi connectivity index (χ1n) is 10.5. The van der Waals surface area contributed by atoms with E-state index < -0.39 is 0 Å². The molecule has 2 aliphatic rings. The average Bonchev–Trinajstić information content (AvgIpc) is 3.20. The molecule has 0 unspecified atom stereocenters. The van der Waals surface area contributed by atoms with Gasteiger partial charge in [-0.05, 0) is 48.8 Å². The molecule has 5 rings (SSSR count). The highest BCUT2D eigenvalue weighted by atomic mass is 32.1. The molecule has 0 spiro atoms. The first kappa shape index (κ1) is 19.2. The number of aromatic nitrogens is 1. The summed E-state index contributed by atoms with van der Waals surface area (Å²) in [6.45, 7) is 2.96. The number of nitrogens with zero attached hydrogens (tertiary/aromatic N) is 2. The van der Waals surface area contributed by atoms with Crippen molar-refractivity contribution in [2.45, 2.75) is 25.8 Å². The minimum absolute atomic E-state index is 0.0418. The molecule has 1 fully saturated rings. The van der Waals surface area contributed by atoms with Gasteiger partial charge < -0.3 is 15.5 Å². The van der Waals surface area contributed by atoms with E-state index in [9.17, 15) is 9.59 Å². The van der Waals surface area contributed by atoms with Crippen LogP contribution in [0.2, 0.25) is 0 Å². The lowest BCUT2D eigenvalue weighted by molar-refractivity contribution is -0.120. The molecular weight excluding hydrogens is 396 g/mol. The summed E-state index contributed by atoms with van der Waals surface area (Å²) >= 11 is 1.49. The predicted octanol–water partition coefficient (Wildman–Crippen LogP) is 3.43. The number of carbonyl (C=O) groups excluding carboxylic acids is 2. The maximum atomic E-state index is 13.1. The Balaban J connectivity index is 1.28. The Hall–Kier alpha value is -2.77. The van der Waals surface area contributed by atoms with Gasteiger partial charge in [-0.3, -0.25) is 9.59 Å². The van der Waals surface area contributed by atoms with Crippen molar-refractivity contribution in [1.29, 1.82) is 0 Å². The smallest absolute Gasteiger partial charge is 0.254 e. The van der Waals surface area contributed by atoms with Crippen LogP contribution in [0.25, 0.3) is 10.8 Å². The summed E-state index contributed by atoms with van der Waals surface area (Å²) in [6.07, 6.45) is 2.45. The standard InChI is InChI=1S/C23H24N4O2S/c28-21(16-7-10-24-11-8-16)26-23-25-19-9-12-27(14-20(19)30-23)22(29)18-6-5-15-3-1-2-4-17(15)13-18/h1-6,13,16,24H,7-12,14H2,(H,25,26,28). The van der Waals surface area contributed by atoms with Crippen molar-refractivity contribution in [2.24, 2.45) is 5.92 Å². The molecular formula is C23H24N4O2S. The average molecular weight is 421 g/mol. The highest BCUT2D eigenvalue weighted by molar-refractivity contribution is 7.15. The van der Waals surface area contributed by atoms with E-state index in [1.807, 2.05) is 47.4 Å². The van der Waals surface area contributed by atoms with Crippen molar-refractivity contribution in [3.05, 3.63) is 58.6 Å². The topological polar surface area (TPSA) is 74.3 Å². The Labute approximate surface area is 179 Å². The van der Waals surface area contributed by atoms with E-state index in [0.29, 0.717) is 30.2 Å². The summed E-state index contributed by atoms with van der Waals surface area (Å²) in [5.41, 5.74) is 1.71. The fraction of sp³-hybridized carbons (Fsp3) is 0.348. The maximum Gasteiger partial charge on any atom is 0.254 e. The molecule has 30 heavy (non-hydrogen) atoms. The monoisotopic (exact) mass is 420 g/mol. The van der Waals surface area contributed by atoms with Crippen molar-refractivity contribution in [1.82, 2.24) is 15.2 Å². The van der Waals surface area contributed by atoms with Crippen LogP contribution in [-0.4, -0.2) is 41.3 Å². The van der Waals surface area contributed by atoms with Crippen LogP contribution in [0, 0.1) is 5.92 Å². The first-order valence-corrected chi connectivity index (χ1v) is 11.3. The Kier molecular flexibility index (Phi) is 5.23. The van der Waals surface area contributed by atoms with E-state index in [-0.39, 0.29) is 17.7 Å². The van der Waals surface area contributed by atoms with Crippen molar-refractivity contribution in [3.8, 4) is 0 Å². The summed E-state index contributed by atoms with van der Waals surface area (Å²) in [7, 11) is 0. The lowest BCUT2D eigenvalue weighted by Gasteiger charge is -2.26. The summed E-state index contributed by atoms with van der Waals surface area (Å²) in [6, 6.07) is 13.9. The third-order valence-electron chi connectivity index (χ3n) is 5.95. The van der Waals surface area contributed by atoms with Gasteiger partial charge in [0.1, 0.15) is 0 Å². The van der Waals surface area contributed by atoms with E-state index in [2.05, 4.69) is 15.6 Å². The largest absolute Gasteiger partial charge is 0.333 e. The number of hydrogen-bond acceptors (Lipinski definition) is 5. The van der Waals surface area contributed by atoms with E-state index in [0.717, 1.165) is 47.3 Å². The number of hydrogen-bond donors (Lipinski definition) is 2. The quantitative estimate of drug-likeness (QED) is 0.681. The number of anilines is 1. The van der Waals surface area contributed by atoms with Gasteiger partial charge in [0, 0.05) is 29.3 Å². The van der Waals surface area contributed by atoms with E-state index in [1.165, 1.54) is 11.3 Å². The Morgan fingerprint density at radius 3 is 2.73 bits per heavy atom. The molecule has 0 bridgehead atoms. The molecule has 6 nitrogen and oxygen atoms in total. The van der Waals surface area contributed by atoms with Gasteiger partial charge in [0.05, 0.1) is 12.2 Å². The van der Waals surface area contributed by atoms with Gasteiger partial charge in [0.2, 0.25) is 5.91 Å². The number of benzene rings is 2. The maximum absolute atomic E-state index is 13.1. The zero-order valence-corrected chi connectivity index (χ0v) is 17.5. The molecule has 1 saturated heterocycles. The molecule has 1 aromatic heterocycles. The fourth-order valence-electron chi connectivity index (χ4n) is 4.22. The van der Waals surface area contributed by atoms with Gasteiger partial charge in [0.15, 0.2) is 5.13 Å². The zero-order chi connectivity index (χ0) is 20.5. The van der Waals surface area contributed by atoms with Gasteiger partial charge in [-0.15, -0.1) is 0 Å². The van der Waals surface area contributed by atoms with Gasteiger partial charge in [-0.1, -0.05) is 41.7 Å². The molecule has 0 radical (unpaired) electrons. The third-order valence-corrected chi connectivity index (χ3v) is 6.95. The summed E-state index contributed by atoms with van der Waals surface area (Å²) < 4.78 is 0. The molecule has 0 atom stereocenters. The molecule has 2 amide bonds. The van der Waals surface area contributed by atoms with Crippen LogP contribution >= 0.6 is 11.3 Å². The lowest BCUT2D eigenvalue weighted by Crippen LogP contribution is -2.35. The van der Waals surface area contributed by atoms with Crippen LogP contribution in [-0.2, 0) is 17.8 Å². The van der Waals surface area contributed by atoms with Gasteiger partial charge in [0.25, 0.3) is 5.91 Å². The van der Waals surface area contributed by atoms with Crippen LogP contribution in [0.15, 0.2) is 42.5 Å². The molecule has 154 valence electrons. The number of piperidine rings is 1. The second-order valence-electron chi connectivity index (χ2n) is 7.94. The van der Waals surface area contributed by atoms with E-state index in [4.69, 9.17) is 0 Å². The predicted molar refractivity (Wildman–Crippen MR) is 119 cm³/mol. The highest BCUT2D eigenvalue weighted by Gasteiger charge is 2.27. The van der Waals surface area contributed by atoms with Crippen LogP contribution < -0.4 is 10.6 Å². The van der Waals surface area contributed by atoms with Crippen molar-refractivity contribution in [3.63, 3.8) is 0 Å². The summed E-state index contributed by atoms with van der Waals surface area (Å²) in [5.74, 6) is 0.157. The van der Waals surface area contributed by atoms with E-state index >= 15 is 0 Å². The zero-order valence-electron chi connectivity index (χ0n) is 16.7. The van der Waals surface area contributed by atoms with Crippen LogP contribution in [0.4, 0.5) is 5.13 Å². The second kappa shape index (κ2) is 8.16. The molecule has 3 heterocycles. The molecule has 3 aromatic rings. The Bertz CT molecular complexity index is 1100. The van der Waals surface area contributed by atoms with Crippen molar-refractivity contribution >= 4 is 39.1 Å². The molecule has 7 heteroatoms. The van der Waals surface area contributed by atoms with Crippen LogP contribution in [0.3, 0.4) is 0 Å². The molecule has 2 aliphatic heterocycles. The van der Waals surface area contributed by atoms with Gasteiger partial charge in [-0.25, -0.2) is 4.98 Å². The first-order chi connectivity index (χ1) is 14.7.